The molecule has 2 aliphatic rings. The summed E-state index contributed by atoms with van der Waals surface area (Å²) in [5.41, 5.74) is 3.79. The first-order valence-electron chi connectivity index (χ1n) is 8.82. The van der Waals surface area contributed by atoms with E-state index in [2.05, 4.69) is 46.5 Å². The van der Waals surface area contributed by atoms with Crippen molar-refractivity contribution in [3.8, 4) is 0 Å². The maximum atomic E-state index is 12.6. The molecule has 4 rings (SSSR count). The van der Waals surface area contributed by atoms with Gasteiger partial charge in [-0.25, -0.2) is 9.78 Å². The largest absolute Gasteiger partial charge is 0.348 e. The molecule has 0 radical (unpaired) electrons. The van der Waals surface area contributed by atoms with Crippen molar-refractivity contribution in [2.45, 2.75) is 44.1 Å². The molecule has 1 fully saturated rings. The van der Waals surface area contributed by atoms with Gasteiger partial charge < -0.3 is 15.2 Å². The Kier molecular flexibility index (Phi) is 3.79. The molecule has 2 aromatic rings. The van der Waals surface area contributed by atoms with Crippen molar-refractivity contribution in [3.05, 3.63) is 53.6 Å². The number of rotatable bonds is 3. The van der Waals surface area contributed by atoms with Crippen molar-refractivity contribution in [3.63, 3.8) is 0 Å². The fourth-order valence-corrected chi connectivity index (χ4v) is 4.02. The third kappa shape index (κ3) is 2.58. The summed E-state index contributed by atoms with van der Waals surface area (Å²) in [5.74, 6) is 0. The third-order valence-corrected chi connectivity index (χ3v) is 5.65. The summed E-state index contributed by atoms with van der Waals surface area (Å²) < 4.78 is 0. The van der Waals surface area contributed by atoms with Crippen molar-refractivity contribution in [2.24, 2.45) is 0 Å². The summed E-state index contributed by atoms with van der Waals surface area (Å²) in [6.07, 6.45) is 5.57. The number of urea groups is 1. The topological polar surface area (TPSA) is 61.0 Å². The SMILES string of the molecule is CCC1(c2ccccc2)CN(C(=O)NC2CCc3nc[nH]c3C2)C1. The fourth-order valence-electron chi connectivity index (χ4n) is 4.02. The molecule has 1 aromatic carbocycles. The maximum Gasteiger partial charge on any atom is 0.317 e. The quantitative estimate of drug-likeness (QED) is 0.912. The van der Waals surface area contributed by atoms with E-state index in [1.54, 1.807) is 6.33 Å². The number of nitrogens with one attached hydrogen (secondary N) is 2. The van der Waals surface area contributed by atoms with Crippen LogP contribution in [0.5, 0.6) is 0 Å². The lowest BCUT2D eigenvalue weighted by molar-refractivity contribution is 0.0862. The van der Waals surface area contributed by atoms with Gasteiger partial charge in [-0.15, -0.1) is 0 Å². The molecule has 24 heavy (non-hydrogen) atoms. The van der Waals surface area contributed by atoms with Crippen LogP contribution in [0.3, 0.4) is 0 Å². The minimum Gasteiger partial charge on any atom is -0.348 e. The smallest absolute Gasteiger partial charge is 0.317 e. The van der Waals surface area contributed by atoms with E-state index in [9.17, 15) is 4.79 Å². The number of carbonyl (C=O) groups excluding carboxylic acids is 1. The van der Waals surface area contributed by atoms with Gasteiger partial charge in [-0.1, -0.05) is 37.3 Å². The molecule has 1 aliphatic heterocycles. The van der Waals surface area contributed by atoms with Gasteiger partial charge in [0.1, 0.15) is 0 Å². The van der Waals surface area contributed by atoms with Gasteiger partial charge in [0.15, 0.2) is 0 Å². The van der Waals surface area contributed by atoms with Crippen LogP contribution in [0, 0.1) is 0 Å². The molecule has 126 valence electrons. The van der Waals surface area contributed by atoms with Crippen molar-refractivity contribution >= 4 is 6.03 Å². The number of benzene rings is 1. The lowest BCUT2D eigenvalue weighted by atomic mass is 9.72. The zero-order chi connectivity index (χ0) is 16.6. The zero-order valence-electron chi connectivity index (χ0n) is 14.1. The summed E-state index contributed by atoms with van der Waals surface area (Å²) in [6.45, 7) is 3.83. The normalized spacial score (nSPS) is 21.7. The summed E-state index contributed by atoms with van der Waals surface area (Å²) in [5, 5.41) is 3.20. The maximum absolute atomic E-state index is 12.6. The first-order valence-corrected chi connectivity index (χ1v) is 8.82. The summed E-state index contributed by atoms with van der Waals surface area (Å²) in [6, 6.07) is 10.8. The molecule has 0 spiro atoms. The number of amides is 2. The second-order valence-electron chi connectivity index (χ2n) is 7.07. The molecular formula is C19H24N4O. The van der Waals surface area contributed by atoms with Gasteiger partial charge in [-0.05, 0) is 24.8 Å². The number of imidazole rings is 1. The minimum atomic E-state index is 0.0722. The lowest BCUT2D eigenvalue weighted by Crippen LogP contribution is -2.64. The van der Waals surface area contributed by atoms with Gasteiger partial charge >= 0.3 is 6.03 Å². The van der Waals surface area contributed by atoms with Gasteiger partial charge in [0.2, 0.25) is 0 Å². The molecular weight excluding hydrogens is 300 g/mol. The molecule has 1 atom stereocenters. The van der Waals surface area contributed by atoms with Crippen LogP contribution in [0.15, 0.2) is 36.7 Å². The van der Waals surface area contributed by atoms with E-state index in [-0.39, 0.29) is 17.5 Å². The highest BCUT2D eigenvalue weighted by molar-refractivity contribution is 5.76. The number of hydrogen-bond donors (Lipinski definition) is 2. The first kappa shape index (κ1) is 15.2. The van der Waals surface area contributed by atoms with E-state index >= 15 is 0 Å². The summed E-state index contributed by atoms with van der Waals surface area (Å²) >= 11 is 0. The van der Waals surface area contributed by atoms with Crippen LogP contribution in [0.25, 0.3) is 0 Å². The van der Waals surface area contributed by atoms with E-state index in [1.165, 1.54) is 11.3 Å². The van der Waals surface area contributed by atoms with Crippen LogP contribution in [-0.2, 0) is 18.3 Å². The van der Waals surface area contributed by atoms with Gasteiger partial charge in [0.25, 0.3) is 0 Å². The van der Waals surface area contributed by atoms with Crippen molar-refractivity contribution < 1.29 is 4.79 Å². The standard InChI is InChI=1S/C19H24N4O/c1-2-19(14-6-4-3-5-7-14)11-23(12-19)18(24)22-15-8-9-16-17(10-15)21-13-20-16/h3-7,13,15H,2,8-12H2,1H3,(H,20,21)(H,22,24). The van der Waals surface area contributed by atoms with E-state index in [0.29, 0.717) is 0 Å². The Hall–Kier alpha value is -2.30. The fraction of sp³-hybridized carbons (Fsp3) is 0.474. The van der Waals surface area contributed by atoms with E-state index < -0.39 is 0 Å². The van der Waals surface area contributed by atoms with Crippen LogP contribution in [0.4, 0.5) is 4.79 Å². The van der Waals surface area contributed by atoms with E-state index in [4.69, 9.17) is 0 Å². The molecule has 1 unspecified atom stereocenters. The lowest BCUT2D eigenvalue weighted by Gasteiger charge is -2.50. The van der Waals surface area contributed by atoms with Gasteiger partial charge in [0.05, 0.1) is 12.0 Å². The molecule has 1 aliphatic carbocycles. The Morgan fingerprint density at radius 3 is 2.92 bits per heavy atom. The highest BCUT2D eigenvalue weighted by atomic mass is 16.2. The summed E-state index contributed by atoms with van der Waals surface area (Å²) in [4.78, 5) is 22.0. The van der Waals surface area contributed by atoms with Crippen LogP contribution in [0.2, 0.25) is 0 Å². The molecule has 2 N–H and O–H groups in total. The van der Waals surface area contributed by atoms with Gasteiger partial charge in [-0.2, -0.15) is 0 Å². The average Bonchev–Trinajstić information content (AvgIpc) is 3.03. The molecule has 2 heterocycles. The van der Waals surface area contributed by atoms with Crippen LogP contribution in [0.1, 0.15) is 36.7 Å². The molecule has 5 nitrogen and oxygen atoms in total. The number of nitrogens with zero attached hydrogens (tertiary/aromatic N) is 2. The Labute approximate surface area is 142 Å². The second-order valence-corrected chi connectivity index (χ2v) is 7.07. The molecule has 0 saturated carbocycles. The Morgan fingerprint density at radius 1 is 1.38 bits per heavy atom. The second kappa shape index (κ2) is 5.96. The number of likely N-dealkylation sites (tertiary alicyclic amines) is 1. The van der Waals surface area contributed by atoms with Crippen molar-refractivity contribution in [1.82, 2.24) is 20.2 Å². The predicted molar refractivity (Wildman–Crippen MR) is 92.9 cm³/mol. The number of carbonyl (C=O) groups is 1. The molecule has 1 saturated heterocycles. The highest BCUT2D eigenvalue weighted by Crippen LogP contribution is 2.37. The number of fused-ring (bicyclic) bond motifs is 1. The van der Waals surface area contributed by atoms with Crippen LogP contribution in [-0.4, -0.2) is 40.0 Å². The molecule has 1 aromatic heterocycles. The van der Waals surface area contributed by atoms with Crippen LogP contribution >= 0.6 is 0 Å². The number of hydrogen-bond acceptors (Lipinski definition) is 2. The first-order chi connectivity index (χ1) is 11.7. The zero-order valence-corrected chi connectivity index (χ0v) is 14.1. The minimum absolute atomic E-state index is 0.0722. The molecule has 0 bridgehead atoms. The van der Waals surface area contributed by atoms with Crippen molar-refractivity contribution in [2.75, 3.05) is 13.1 Å². The van der Waals surface area contributed by atoms with Gasteiger partial charge in [0, 0.05) is 36.7 Å². The van der Waals surface area contributed by atoms with E-state index in [1.807, 2.05) is 11.0 Å². The Bertz CT molecular complexity index is 718. The van der Waals surface area contributed by atoms with Gasteiger partial charge in [-0.3, -0.25) is 0 Å². The molecule has 2 amide bonds. The van der Waals surface area contributed by atoms with Crippen molar-refractivity contribution in [1.29, 1.82) is 0 Å². The van der Waals surface area contributed by atoms with E-state index in [0.717, 1.165) is 44.5 Å². The number of aromatic amines is 1. The molecule has 5 heteroatoms. The number of aryl methyl sites for hydroxylation is 1. The Morgan fingerprint density at radius 2 is 2.17 bits per heavy atom. The average molecular weight is 324 g/mol. The number of H-pyrrole nitrogens is 1. The summed E-state index contributed by atoms with van der Waals surface area (Å²) in [7, 11) is 0. The van der Waals surface area contributed by atoms with Crippen LogP contribution < -0.4 is 5.32 Å². The predicted octanol–water partition coefficient (Wildman–Crippen LogP) is 2.64. The monoisotopic (exact) mass is 324 g/mol. The Balaban J connectivity index is 1.36. The number of aromatic nitrogens is 2. The highest BCUT2D eigenvalue weighted by Gasteiger charge is 2.45. The third-order valence-electron chi connectivity index (χ3n) is 5.65.